The lowest BCUT2D eigenvalue weighted by Gasteiger charge is -2.25. The van der Waals surface area contributed by atoms with Crippen LogP contribution in [-0.4, -0.2) is 87.4 Å². The van der Waals surface area contributed by atoms with Gasteiger partial charge in [0.15, 0.2) is 6.10 Å². The van der Waals surface area contributed by atoms with Crippen molar-refractivity contribution in [2.45, 2.75) is 238 Å². The molecular formula is C73H118NO8+. The number of aliphatic carboxylic acids is 1. The molecule has 82 heavy (non-hydrogen) atoms. The zero-order chi connectivity index (χ0) is 59.8. The fourth-order valence-electron chi connectivity index (χ4n) is 8.11. The van der Waals surface area contributed by atoms with Crippen molar-refractivity contribution in [1.29, 1.82) is 0 Å². The zero-order valence-corrected chi connectivity index (χ0v) is 52.6. The summed E-state index contributed by atoms with van der Waals surface area (Å²) >= 11 is 0. The maximum absolute atomic E-state index is 12.9. The minimum Gasteiger partial charge on any atom is -0.477 e. The molecule has 0 heterocycles. The van der Waals surface area contributed by atoms with Crippen LogP contribution in [0.3, 0.4) is 0 Å². The van der Waals surface area contributed by atoms with Gasteiger partial charge in [-0.05, 0) is 128 Å². The Balaban J connectivity index is 4.21. The van der Waals surface area contributed by atoms with Crippen LogP contribution in [-0.2, 0) is 33.3 Å². The normalized spacial score (nSPS) is 13.8. The van der Waals surface area contributed by atoms with Gasteiger partial charge >= 0.3 is 17.9 Å². The number of ether oxygens (including phenoxy) is 4. The van der Waals surface area contributed by atoms with Crippen molar-refractivity contribution in [2.75, 3.05) is 47.5 Å². The van der Waals surface area contributed by atoms with Gasteiger partial charge in [0.1, 0.15) is 13.2 Å². The predicted molar refractivity (Wildman–Crippen MR) is 350 cm³/mol. The summed E-state index contributed by atoms with van der Waals surface area (Å²) in [6, 6.07) is 0. The summed E-state index contributed by atoms with van der Waals surface area (Å²) in [6.07, 6.45) is 89.1. The Bertz CT molecular complexity index is 1900. The third kappa shape index (κ3) is 62.5. The summed E-state index contributed by atoms with van der Waals surface area (Å²) in [5.41, 5.74) is 0. The van der Waals surface area contributed by atoms with Crippen LogP contribution in [0.15, 0.2) is 158 Å². The third-order valence-corrected chi connectivity index (χ3v) is 13.0. The quantitative estimate of drug-likeness (QED) is 0.0211. The molecule has 0 spiro atoms. The third-order valence-electron chi connectivity index (χ3n) is 13.0. The SMILES string of the molecule is CC/C=C\C/C=C\C/C=C\C/C=C\C/C=C\C/C=C\C/C=C\C/C=C\C/C=C\C/C=C\C/C=C\CCCCCCCCCC(=O)OC(COC(=O)CCCCCCC/C=C\C/C=C\CCCCCC)COC(OCC[N+](C)(C)C)C(=O)O. The highest BCUT2D eigenvalue weighted by atomic mass is 16.7. The Labute approximate surface area is 502 Å². The number of rotatable bonds is 57. The van der Waals surface area contributed by atoms with E-state index in [4.69, 9.17) is 18.9 Å². The highest BCUT2D eigenvalue weighted by Crippen LogP contribution is 2.14. The molecule has 0 aliphatic carbocycles. The maximum Gasteiger partial charge on any atom is 0.361 e. The molecule has 0 fully saturated rings. The van der Waals surface area contributed by atoms with Crippen molar-refractivity contribution in [2.24, 2.45) is 0 Å². The zero-order valence-electron chi connectivity index (χ0n) is 52.6. The van der Waals surface area contributed by atoms with Gasteiger partial charge in [0.05, 0.1) is 34.4 Å². The van der Waals surface area contributed by atoms with Crippen molar-refractivity contribution >= 4 is 17.9 Å². The minimum absolute atomic E-state index is 0.175. The van der Waals surface area contributed by atoms with Crippen LogP contribution in [0.4, 0.5) is 0 Å². The fourth-order valence-corrected chi connectivity index (χ4v) is 8.11. The summed E-state index contributed by atoms with van der Waals surface area (Å²) in [7, 11) is 5.95. The summed E-state index contributed by atoms with van der Waals surface area (Å²) in [6.45, 7) is 4.69. The molecule has 0 aromatic heterocycles. The van der Waals surface area contributed by atoms with Crippen molar-refractivity contribution < 1.29 is 42.9 Å². The van der Waals surface area contributed by atoms with Crippen LogP contribution in [0.5, 0.6) is 0 Å². The van der Waals surface area contributed by atoms with Gasteiger partial charge in [0.25, 0.3) is 6.29 Å². The molecule has 0 radical (unpaired) electrons. The smallest absolute Gasteiger partial charge is 0.361 e. The van der Waals surface area contributed by atoms with E-state index in [9.17, 15) is 19.5 Å². The average Bonchev–Trinajstić information content (AvgIpc) is 3.45. The van der Waals surface area contributed by atoms with Crippen LogP contribution in [0.2, 0.25) is 0 Å². The van der Waals surface area contributed by atoms with Gasteiger partial charge in [0.2, 0.25) is 0 Å². The van der Waals surface area contributed by atoms with E-state index < -0.39 is 24.3 Å². The monoisotopic (exact) mass is 1140 g/mol. The van der Waals surface area contributed by atoms with E-state index >= 15 is 0 Å². The number of esters is 2. The number of carboxylic acids is 1. The summed E-state index contributed by atoms with van der Waals surface area (Å²) < 4.78 is 22.8. The first-order valence-electron chi connectivity index (χ1n) is 32.1. The molecule has 462 valence electrons. The van der Waals surface area contributed by atoms with E-state index in [1.54, 1.807) is 0 Å². The predicted octanol–water partition coefficient (Wildman–Crippen LogP) is 19.7. The highest BCUT2D eigenvalue weighted by Gasteiger charge is 2.25. The average molecular weight is 1140 g/mol. The van der Waals surface area contributed by atoms with Gasteiger partial charge in [0, 0.05) is 12.8 Å². The number of likely N-dealkylation sites (N-methyl/N-ethyl adjacent to an activating group) is 1. The van der Waals surface area contributed by atoms with Crippen molar-refractivity contribution in [3.63, 3.8) is 0 Å². The summed E-state index contributed by atoms with van der Waals surface area (Å²) in [5, 5.41) is 9.71. The van der Waals surface area contributed by atoms with E-state index in [0.29, 0.717) is 17.4 Å². The minimum atomic E-state index is -1.53. The van der Waals surface area contributed by atoms with Gasteiger partial charge in [-0.25, -0.2) is 4.79 Å². The van der Waals surface area contributed by atoms with Crippen molar-refractivity contribution in [3.8, 4) is 0 Å². The molecule has 9 heteroatoms. The molecule has 2 atom stereocenters. The molecule has 0 aliphatic rings. The van der Waals surface area contributed by atoms with Gasteiger partial charge in [-0.2, -0.15) is 0 Å². The Morgan fingerprint density at radius 1 is 0.378 bits per heavy atom. The number of carboxylic acid groups (broad SMARTS) is 1. The molecule has 2 unspecified atom stereocenters. The number of nitrogens with zero attached hydrogens (tertiary/aromatic N) is 1. The van der Waals surface area contributed by atoms with Crippen molar-refractivity contribution in [1.82, 2.24) is 0 Å². The summed E-state index contributed by atoms with van der Waals surface area (Å²) in [4.78, 5) is 37.4. The lowest BCUT2D eigenvalue weighted by atomic mass is 10.1. The number of hydrogen-bond donors (Lipinski definition) is 1. The topological polar surface area (TPSA) is 108 Å². The van der Waals surface area contributed by atoms with E-state index in [-0.39, 0.29) is 38.6 Å². The lowest BCUT2D eigenvalue weighted by molar-refractivity contribution is -0.870. The first kappa shape index (κ1) is 76.9. The second-order valence-electron chi connectivity index (χ2n) is 22.0. The fraction of sp³-hybridized carbons (Fsp3) is 0.603. The van der Waals surface area contributed by atoms with Crippen LogP contribution in [0.1, 0.15) is 226 Å². The van der Waals surface area contributed by atoms with E-state index in [0.717, 1.165) is 141 Å². The van der Waals surface area contributed by atoms with E-state index in [2.05, 4.69) is 172 Å². The molecule has 0 aromatic carbocycles. The van der Waals surface area contributed by atoms with Gasteiger partial charge < -0.3 is 28.5 Å². The highest BCUT2D eigenvalue weighted by molar-refractivity contribution is 5.71. The number of carbonyl (C=O) groups is 3. The molecule has 1 N–H and O–H groups in total. The number of unbranched alkanes of at least 4 members (excludes halogenated alkanes) is 16. The largest absolute Gasteiger partial charge is 0.477 e. The van der Waals surface area contributed by atoms with Gasteiger partial charge in [-0.1, -0.05) is 242 Å². The van der Waals surface area contributed by atoms with E-state index in [1.165, 1.54) is 51.4 Å². The first-order chi connectivity index (χ1) is 40.1. The molecule has 9 nitrogen and oxygen atoms in total. The second kappa shape index (κ2) is 62.0. The Hall–Kier alpha value is -5.09. The molecule has 0 rings (SSSR count). The van der Waals surface area contributed by atoms with Gasteiger partial charge in [-0.15, -0.1) is 0 Å². The Kier molecular flexibility index (Phi) is 58.1. The lowest BCUT2D eigenvalue weighted by Crippen LogP contribution is -2.40. The number of allylic oxidation sites excluding steroid dienone is 26. The number of quaternary nitrogens is 1. The van der Waals surface area contributed by atoms with Crippen LogP contribution >= 0.6 is 0 Å². The Morgan fingerprint density at radius 2 is 0.695 bits per heavy atom. The molecule has 0 bridgehead atoms. The number of carbonyl (C=O) groups excluding carboxylic acids is 2. The molecule has 0 aromatic rings. The van der Waals surface area contributed by atoms with Crippen LogP contribution in [0, 0.1) is 0 Å². The van der Waals surface area contributed by atoms with Crippen LogP contribution in [0.25, 0.3) is 0 Å². The number of hydrogen-bond acceptors (Lipinski definition) is 7. The molecule has 0 amide bonds. The molecule has 0 saturated heterocycles. The second-order valence-corrected chi connectivity index (χ2v) is 22.0. The van der Waals surface area contributed by atoms with Crippen LogP contribution < -0.4 is 0 Å². The molecule has 0 saturated carbocycles. The van der Waals surface area contributed by atoms with E-state index in [1.807, 2.05) is 21.1 Å². The summed E-state index contributed by atoms with van der Waals surface area (Å²) in [5.74, 6) is -2.06. The standard InChI is InChI=1S/C73H117NO8/c1-6-8-10-12-14-16-18-20-22-24-25-26-27-28-29-30-31-32-33-34-35-36-37-38-39-40-41-42-43-44-45-46-47-48-50-52-54-56-58-60-62-64-71(76)82-69(68-81-73(72(77)78)79-66-65-74(3,4)5)67-80-70(75)63-61-59-57-55-53-51-49-23-21-19-17-15-13-11-9-7-2/h8,10,14,16-17,19-20,22-23,25-26,28-29,31-32,34-35,37-38,40-41,43-44,46-47,49,69,73H,6-7,9,11-13,15,18,21,24,27,30,33,36,39,42,45,48,50-68H2,1-5H3/p+1/b10-8-,16-14-,19-17-,22-20-,26-25-,29-28-,32-31-,35-34-,38-37-,41-40-,44-43-,47-46-,49-23-. The Morgan fingerprint density at radius 3 is 1.04 bits per heavy atom. The molecular weight excluding hydrogens is 1020 g/mol. The van der Waals surface area contributed by atoms with Gasteiger partial charge in [-0.3, -0.25) is 9.59 Å². The maximum atomic E-state index is 12.9. The molecule has 0 aliphatic heterocycles. The first-order valence-corrected chi connectivity index (χ1v) is 32.1. The van der Waals surface area contributed by atoms with Crippen molar-refractivity contribution in [3.05, 3.63) is 158 Å².